The fourth-order valence-electron chi connectivity index (χ4n) is 1.86. The van der Waals surface area contributed by atoms with Gasteiger partial charge in [0, 0.05) is 25.8 Å². The van der Waals surface area contributed by atoms with Gasteiger partial charge in [-0.1, -0.05) is 0 Å². The Bertz CT molecular complexity index is 198. The van der Waals surface area contributed by atoms with Gasteiger partial charge in [0.2, 0.25) is 11.8 Å². The van der Waals surface area contributed by atoms with Crippen LogP contribution in [0.2, 0.25) is 0 Å². The molecule has 1 fully saturated rings. The Morgan fingerprint density at radius 1 is 1.62 bits per heavy atom. The molecule has 1 saturated carbocycles. The monoisotopic (exact) mass is 191 g/mol. The van der Waals surface area contributed by atoms with Gasteiger partial charge in [-0.2, -0.15) is 0 Å². The number of hydrogen-bond acceptors (Lipinski definition) is 1. The van der Waals surface area contributed by atoms with Crippen molar-refractivity contribution in [3.63, 3.8) is 0 Å². The van der Waals surface area contributed by atoms with Crippen LogP contribution in [0.25, 0.3) is 0 Å². The molecule has 1 rings (SSSR count). The van der Waals surface area contributed by atoms with Crippen molar-refractivity contribution in [3.8, 4) is 0 Å². The highest BCUT2D eigenvalue weighted by atomic mass is 19.3. The van der Waals surface area contributed by atoms with Gasteiger partial charge in [0.15, 0.2) is 0 Å². The molecule has 13 heavy (non-hydrogen) atoms. The summed E-state index contributed by atoms with van der Waals surface area (Å²) in [5, 5.41) is 2.69. The molecule has 0 aromatic rings. The van der Waals surface area contributed by atoms with Gasteiger partial charge < -0.3 is 5.32 Å². The average Bonchev–Trinajstić information content (AvgIpc) is 1.79. The van der Waals surface area contributed by atoms with Crippen molar-refractivity contribution in [2.75, 3.05) is 0 Å². The second-order valence-electron chi connectivity index (χ2n) is 3.97. The van der Waals surface area contributed by atoms with Crippen LogP contribution < -0.4 is 5.32 Å². The summed E-state index contributed by atoms with van der Waals surface area (Å²) < 4.78 is 24.8. The molecule has 1 amide bonds. The first-order chi connectivity index (χ1) is 5.89. The zero-order chi connectivity index (χ0) is 10.1. The first-order valence-corrected chi connectivity index (χ1v) is 4.54. The van der Waals surface area contributed by atoms with Gasteiger partial charge in [0.1, 0.15) is 0 Å². The topological polar surface area (TPSA) is 29.1 Å². The molecule has 0 saturated heterocycles. The fraction of sp³-hybridized carbons (Fsp3) is 0.889. The van der Waals surface area contributed by atoms with Crippen LogP contribution in [0.5, 0.6) is 0 Å². The van der Waals surface area contributed by atoms with Crippen molar-refractivity contribution < 1.29 is 13.6 Å². The molecule has 0 radical (unpaired) electrons. The summed E-state index contributed by atoms with van der Waals surface area (Å²) in [5.41, 5.74) is 0. The van der Waals surface area contributed by atoms with Gasteiger partial charge >= 0.3 is 0 Å². The summed E-state index contributed by atoms with van der Waals surface area (Å²) in [7, 11) is 0. The Kier molecular flexibility index (Phi) is 2.88. The number of alkyl halides is 2. The highest BCUT2D eigenvalue weighted by Crippen LogP contribution is 2.44. The molecule has 2 nitrogen and oxygen atoms in total. The number of nitrogens with one attached hydrogen (secondary N) is 1. The van der Waals surface area contributed by atoms with Crippen LogP contribution in [-0.4, -0.2) is 17.9 Å². The first kappa shape index (κ1) is 10.4. The first-order valence-electron chi connectivity index (χ1n) is 4.54. The van der Waals surface area contributed by atoms with E-state index in [9.17, 15) is 13.6 Å². The van der Waals surface area contributed by atoms with E-state index in [1.807, 2.05) is 6.92 Å². The summed E-state index contributed by atoms with van der Waals surface area (Å²) >= 11 is 0. The number of carbonyl (C=O) groups is 1. The van der Waals surface area contributed by atoms with Crippen LogP contribution in [0, 0.1) is 5.92 Å². The summed E-state index contributed by atoms with van der Waals surface area (Å²) in [4.78, 5) is 10.6. The number of halogens is 2. The van der Waals surface area contributed by atoms with E-state index in [0.717, 1.165) is 0 Å². The van der Waals surface area contributed by atoms with Crippen molar-refractivity contribution in [2.45, 2.75) is 45.1 Å². The maximum Gasteiger partial charge on any atom is 0.248 e. The maximum absolute atomic E-state index is 12.4. The van der Waals surface area contributed by atoms with Crippen molar-refractivity contribution in [1.29, 1.82) is 0 Å². The second kappa shape index (κ2) is 3.60. The predicted molar refractivity (Wildman–Crippen MR) is 45.6 cm³/mol. The molecule has 0 aromatic heterocycles. The Hall–Kier alpha value is -0.670. The molecule has 0 aliphatic heterocycles. The van der Waals surface area contributed by atoms with Crippen LogP contribution in [0.4, 0.5) is 8.78 Å². The number of carbonyl (C=O) groups excluding carboxylic acids is 1. The molecular weight excluding hydrogens is 176 g/mol. The summed E-state index contributed by atoms with van der Waals surface area (Å²) in [6, 6.07) is 0.0126. The molecule has 4 heteroatoms. The zero-order valence-electron chi connectivity index (χ0n) is 7.94. The van der Waals surface area contributed by atoms with E-state index >= 15 is 0 Å². The molecule has 0 aromatic carbocycles. The smallest absolute Gasteiger partial charge is 0.248 e. The molecule has 1 aliphatic rings. The Balaban J connectivity index is 2.16. The lowest BCUT2D eigenvalue weighted by atomic mass is 9.78. The highest BCUT2D eigenvalue weighted by Gasteiger charge is 2.45. The number of hydrogen-bond donors (Lipinski definition) is 1. The van der Waals surface area contributed by atoms with Gasteiger partial charge in [-0.05, 0) is 19.3 Å². The minimum absolute atomic E-state index is 0.0126. The summed E-state index contributed by atoms with van der Waals surface area (Å²) in [6.45, 7) is 3.28. The third-order valence-corrected chi connectivity index (χ3v) is 2.31. The molecule has 1 N–H and O–H groups in total. The number of amides is 1. The molecule has 76 valence electrons. The summed E-state index contributed by atoms with van der Waals surface area (Å²) in [6.07, 6.45) is 0.628. The average molecular weight is 191 g/mol. The molecular formula is C9H15F2NO. The van der Waals surface area contributed by atoms with Gasteiger partial charge in [-0.15, -0.1) is 0 Å². The quantitative estimate of drug-likeness (QED) is 0.725. The molecule has 1 atom stereocenters. The van der Waals surface area contributed by atoms with E-state index in [0.29, 0.717) is 6.42 Å². The van der Waals surface area contributed by atoms with E-state index in [1.165, 1.54) is 6.92 Å². The van der Waals surface area contributed by atoms with E-state index in [2.05, 4.69) is 5.32 Å². The minimum atomic E-state index is -2.44. The van der Waals surface area contributed by atoms with E-state index in [4.69, 9.17) is 0 Å². The van der Waals surface area contributed by atoms with Gasteiger partial charge in [0.25, 0.3) is 0 Å². The van der Waals surface area contributed by atoms with E-state index < -0.39 is 5.92 Å². The lowest BCUT2D eigenvalue weighted by Gasteiger charge is -2.36. The van der Waals surface area contributed by atoms with Crippen LogP contribution >= 0.6 is 0 Å². The van der Waals surface area contributed by atoms with E-state index in [-0.39, 0.29) is 30.7 Å². The SMILES string of the molecule is CC(=O)NC(C)CC1CC(F)(F)C1. The van der Waals surface area contributed by atoms with Crippen LogP contribution in [-0.2, 0) is 4.79 Å². The third kappa shape index (κ3) is 3.28. The van der Waals surface area contributed by atoms with Crippen molar-refractivity contribution in [1.82, 2.24) is 5.32 Å². The lowest BCUT2D eigenvalue weighted by molar-refractivity contribution is -0.121. The highest BCUT2D eigenvalue weighted by molar-refractivity contribution is 5.73. The molecule has 0 heterocycles. The van der Waals surface area contributed by atoms with Crippen LogP contribution in [0.15, 0.2) is 0 Å². The zero-order valence-corrected chi connectivity index (χ0v) is 7.94. The number of rotatable bonds is 3. The lowest BCUT2D eigenvalue weighted by Crippen LogP contribution is -2.40. The second-order valence-corrected chi connectivity index (χ2v) is 3.97. The summed E-state index contributed by atoms with van der Waals surface area (Å²) in [5.74, 6) is -2.46. The molecule has 1 aliphatic carbocycles. The van der Waals surface area contributed by atoms with Gasteiger partial charge in [0.05, 0.1) is 0 Å². The predicted octanol–water partition coefficient (Wildman–Crippen LogP) is 1.95. The Morgan fingerprint density at radius 3 is 2.54 bits per heavy atom. The van der Waals surface area contributed by atoms with Crippen LogP contribution in [0.1, 0.15) is 33.1 Å². The van der Waals surface area contributed by atoms with Crippen molar-refractivity contribution in [3.05, 3.63) is 0 Å². The van der Waals surface area contributed by atoms with Crippen molar-refractivity contribution in [2.24, 2.45) is 5.92 Å². The third-order valence-electron chi connectivity index (χ3n) is 2.31. The van der Waals surface area contributed by atoms with Crippen molar-refractivity contribution >= 4 is 5.91 Å². The minimum Gasteiger partial charge on any atom is -0.354 e. The Morgan fingerprint density at radius 2 is 2.15 bits per heavy atom. The Labute approximate surface area is 76.7 Å². The van der Waals surface area contributed by atoms with Gasteiger partial charge in [-0.3, -0.25) is 4.79 Å². The molecule has 0 spiro atoms. The standard InChI is InChI=1S/C9H15F2NO/c1-6(12-7(2)13)3-8-4-9(10,11)5-8/h6,8H,3-5H2,1-2H3,(H,12,13). The largest absolute Gasteiger partial charge is 0.354 e. The fourth-order valence-corrected chi connectivity index (χ4v) is 1.86. The maximum atomic E-state index is 12.4. The normalized spacial score (nSPS) is 23.4. The van der Waals surface area contributed by atoms with Gasteiger partial charge in [-0.25, -0.2) is 8.78 Å². The molecule has 0 bridgehead atoms. The molecule has 1 unspecified atom stereocenters. The van der Waals surface area contributed by atoms with E-state index in [1.54, 1.807) is 0 Å². The van der Waals surface area contributed by atoms with Crippen LogP contribution in [0.3, 0.4) is 0 Å².